The lowest BCUT2D eigenvalue weighted by Crippen LogP contribution is -3.06. The van der Waals surface area contributed by atoms with Crippen LogP contribution in [0.15, 0.2) is 42.5 Å². The van der Waals surface area contributed by atoms with Gasteiger partial charge >= 0.3 is 0 Å². The van der Waals surface area contributed by atoms with Gasteiger partial charge in [0.1, 0.15) is 11.3 Å². The van der Waals surface area contributed by atoms with Crippen LogP contribution in [0.25, 0.3) is 10.2 Å². The highest BCUT2D eigenvalue weighted by Gasteiger charge is 2.22. The van der Waals surface area contributed by atoms with Crippen molar-refractivity contribution in [3.63, 3.8) is 0 Å². The first-order valence-corrected chi connectivity index (χ1v) is 9.14. The predicted octanol–water partition coefficient (Wildman–Crippen LogP) is 2.29. The largest absolute Gasteiger partial charge is 0.338 e. The summed E-state index contributed by atoms with van der Waals surface area (Å²) in [5.41, 5.74) is 0.999. The number of hydrogen-bond donors (Lipinski definition) is 1. The van der Waals surface area contributed by atoms with E-state index >= 15 is 0 Å². The first-order chi connectivity index (χ1) is 12.4. The van der Waals surface area contributed by atoms with E-state index in [2.05, 4.69) is 4.98 Å². The number of aromatic nitrogens is 1. The fourth-order valence-corrected chi connectivity index (χ4v) is 3.64. The van der Waals surface area contributed by atoms with Gasteiger partial charge in [-0.25, -0.2) is 13.8 Å². The number of nitrogens with zero attached hydrogens (tertiary/aromatic N) is 2. The fraction of sp³-hybridized carbons (Fsp3) is 0.263. The maximum atomic E-state index is 14.0. The van der Waals surface area contributed by atoms with Gasteiger partial charge < -0.3 is 4.90 Å². The lowest BCUT2D eigenvalue weighted by molar-refractivity contribution is -0.856. The normalized spacial score (nSPS) is 11.3. The maximum absolute atomic E-state index is 14.0. The van der Waals surface area contributed by atoms with Crippen molar-refractivity contribution in [1.82, 2.24) is 4.98 Å². The molecule has 2 aromatic carbocycles. The van der Waals surface area contributed by atoms with Crippen molar-refractivity contribution in [2.45, 2.75) is 6.42 Å². The van der Waals surface area contributed by atoms with Gasteiger partial charge in [0, 0.05) is 6.07 Å². The molecule has 1 N–H and O–H groups in total. The lowest BCUT2D eigenvalue weighted by atomic mass is 10.1. The molecule has 136 valence electrons. The Labute approximate surface area is 154 Å². The lowest BCUT2D eigenvalue weighted by Gasteiger charge is -2.20. The second-order valence-electron chi connectivity index (χ2n) is 6.40. The Morgan fingerprint density at radius 3 is 2.62 bits per heavy atom. The van der Waals surface area contributed by atoms with E-state index in [1.807, 2.05) is 44.4 Å². The molecule has 1 aromatic heterocycles. The molecule has 1 heterocycles. The van der Waals surface area contributed by atoms with Crippen LogP contribution in [0.4, 0.5) is 13.9 Å². The summed E-state index contributed by atoms with van der Waals surface area (Å²) in [6.07, 6.45) is 0.233. The van der Waals surface area contributed by atoms with Gasteiger partial charge in [0.05, 0.1) is 38.3 Å². The van der Waals surface area contributed by atoms with Crippen LogP contribution in [-0.2, 0) is 11.2 Å². The van der Waals surface area contributed by atoms with Crippen LogP contribution in [0, 0.1) is 11.6 Å². The predicted molar refractivity (Wildman–Crippen MR) is 99.7 cm³/mol. The number of hydrogen-bond acceptors (Lipinski definition) is 3. The third-order valence-electron chi connectivity index (χ3n) is 3.97. The Morgan fingerprint density at radius 2 is 1.92 bits per heavy atom. The number of benzene rings is 2. The van der Waals surface area contributed by atoms with Crippen molar-refractivity contribution < 1.29 is 18.5 Å². The molecule has 0 spiro atoms. The third kappa shape index (κ3) is 4.23. The molecule has 0 saturated carbocycles. The van der Waals surface area contributed by atoms with Crippen molar-refractivity contribution in [3.8, 4) is 0 Å². The first-order valence-electron chi connectivity index (χ1n) is 8.33. The number of nitrogens with one attached hydrogen (secondary N) is 1. The zero-order valence-corrected chi connectivity index (χ0v) is 15.4. The van der Waals surface area contributed by atoms with Crippen LogP contribution in [0.5, 0.6) is 0 Å². The minimum atomic E-state index is -0.712. The highest BCUT2D eigenvalue weighted by molar-refractivity contribution is 7.22. The van der Waals surface area contributed by atoms with Gasteiger partial charge in [-0.3, -0.25) is 9.69 Å². The smallest absolute Gasteiger partial charge is 0.233 e. The van der Waals surface area contributed by atoms with E-state index in [1.165, 1.54) is 11.0 Å². The zero-order chi connectivity index (χ0) is 18.7. The summed E-state index contributed by atoms with van der Waals surface area (Å²) in [6, 6.07) is 11.5. The van der Waals surface area contributed by atoms with E-state index in [9.17, 15) is 13.6 Å². The van der Waals surface area contributed by atoms with Crippen LogP contribution in [0.3, 0.4) is 0 Å². The quantitative estimate of drug-likeness (QED) is 0.717. The third-order valence-corrected chi connectivity index (χ3v) is 4.99. The van der Waals surface area contributed by atoms with E-state index < -0.39 is 11.6 Å². The molecule has 0 aliphatic rings. The van der Waals surface area contributed by atoms with Crippen molar-refractivity contribution in [1.29, 1.82) is 0 Å². The van der Waals surface area contributed by atoms with Crippen LogP contribution in [0.1, 0.15) is 5.56 Å². The molecule has 3 aromatic rings. The molecule has 3 rings (SSSR count). The van der Waals surface area contributed by atoms with Crippen LogP contribution in [0.2, 0.25) is 0 Å². The van der Waals surface area contributed by atoms with Gasteiger partial charge in [0.15, 0.2) is 10.9 Å². The topological polar surface area (TPSA) is 37.6 Å². The molecule has 0 fully saturated rings. The number of anilines is 1. The molecule has 0 unspecified atom stereocenters. The number of fused-ring (bicyclic) bond motifs is 1. The number of rotatable bonds is 6. The SMILES string of the molecule is C[NH+](C)CCN(C(=O)Cc1ccccc1)c1nc2c(F)cc(F)cc2s1. The van der Waals surface area contributed by atoms with Crippen LogP contribution >= 0.6 is 11.3 Å². The van der Waals surface area contributed by atoms with Crippen LogP contribution < -0.4 is 9.80 Å². The molecule has 0 bridgehead atoms. The standard InChI is InChI=1S/C19H19F2N3OS/c1-23(2)8-9-24(17(25)10-13-6-4-3-5-7-13)19-22-18-15(21)11-14(20)12-16(18)26-19/h3-7,11-12H,8-10H2,1-2H3/p+1. The Balaban J connectivity index is 1.92. The molecule has 0 saturated heterocycles. The molecular weight excluding hydrogens is 356 g/mol. The molecular formula is C19H20F2N3OS+. The van der Waals surface area contributed by atoms with Crippen LogP contribution in [-0.4, -0.2) is 38.1 Å². The second kappa shape index (κ2) is 7.88. The van der Waals surface area contributed by atoms with Crippen molar-refractivity contribution >= 4 is 32.6 Å². The number of halogens is 2. The number of thiazole rings is 1. The van der Waals surface area contributed by atoms with Gasteiger partial charge in [-0.05, 0) is 11.6 Å². The molecule has 1 amide bonds. The average molecular weight is 376 g/mol. The van der Waals surface area contributed by atoms with E-state index in [4.69, 9.17) is 0 Å². The first kappa shape index (κ1) is 18.4. The average Bonchev–Trinajstić information content (AvgIpc) is 2.99. The highest BCUT2D eigenvalue weighted by Crippen LogP contribution is 2.31. The summed E-state index contributed by atoms with van der Waals surface area (Å²) in [5, 5.41) is 0.395. The Bertz CT molecular complexity index is 912. The molecule has 26 heavy (non-hydrogen) atoms. The van der Waals surface area contributed by atoms with Gasteiger partial charge in [-0.2, -0.15) is 0 Å². The number of likely N-dealkylation sites (N-methyl/N-ethyl adjacent to an activating group) is 1. The molecule has 0 aliphatic carbocycles. The van der Waals surface area contributed by atoms with Crippen molar-refractivity contribution in [3.05, 3.63) is 59.7 Å². The number of quaternary nitrogens is 1. The van der Waals surface area contributed by atoms with E-state index in [0.717, 1.165) is 23.0 Å². The van der Waals surface area contributed by atoms with E-state index in [-0.39, 0.29) is 17.8 Å². The van der Waals surface area contributed by atoms with Gasteiger partial charge in [-0.15, -0.1) is 0 Å². The fourth-order valence-electron chi connectivity index (χ4n) is 2.59. The maximum Gasteiger partial charge on any atom is 0.233 e. The Morgan fingerprint density at radius 1 is 1.19 bits per heavy atom. The zero-order valence-electron chi connectivity index (χ0n) is 14.6. The summed E-state index contributed by atoms with van der Waals surface area (Å²) in [6.45, 7) is 1.17. The van der Waals surface area contributed by atoms with Gasteiger partial charge in [0.25, 0.3) is 0 Å². The van der Waals surface area contributed by atoms with Crippen molar-refractivity contribution in [2.75, 3.05) is 32.1 Å². The summed E-state index contributed by atoms with van der Waals surface area (Å²) < 4.78 is 27.8. The summed E-state index contributed by atoms with van der Waals surface area (Å²) in [5.74, 6) is -1.47. The molecule has 0 atom stereocenters. The van der Waals surface area contributed by atoms with E-state index in [0.29, 0.717) is 22.9 Å². The molecule has 0 radical (unpaired) electrons. The van der Waals surface area contributed by atoms with Gasteiger partial charge in [0.2, 0.25) is 5.91 Å². The Kier molecular flexibility index (Phi) is 5.58. The minimum Gasteiger partial charge on any atom is -0.338 e. The molecule has 7 heteroatoms. The number of carbonyl (C=O) groups is 1. The van der Waals surface area contributed by atoms with E-state index in [1.54, 1.807) is 4.90 Å². The highest BCUT2D eigenvalue weighted by atomic mass is 32.1. The van der Waals surface area contributed by atoms with Crippen molar-refractivity contribution in [2.24, 2.45) is 0 Å². The molecule has 0 aliphatic heterocycles. The molecule has 4 nitrogen and oxygen atoms in total. The Hall–Kier alpha value is -2.38. The minimum absolute atomic E-state index is 0.0983. The summed E-state index contributed by atoms with van der Waals surface area (Å²) in [7, 11) is 3.99. The number of amides is 1. The second-order valence-corrected chi connectivity index (χ2v) is 7.40. The summed E-state index contributed by atoms with van der Waals surface area (Å²) >= 11 is 1.13. The monoisotopic (exact) mass is 376 g/mol. The number of carbonyl (C=O) groups excluding carboxylic acids is 1. The van der Waals surface area contributed by atoms with Gasteiger partial charge in [-0.1, -0.05) is 41.7 Å². The summed E-state index contributed by atoms with van der Waals surface area (Å²) in [4.78, 5) is 19.9.